The monoisotopic (exact) mass is 261 g/mol. The molecular formula is C13H9ClFN3. The van der Waals surface area contributed by atoms with Crippen LogP contribution in [0.3, 0.4) is 0 Å². The SMILES string of the molecule is N#Cc1cc(CNc2ccnc(Cl)c2)ccc1F. The number of pyridine rings is 1. The third kappa shape index (κ3) is 2.96. The minimum Gasteiger partial charge on any atom is -0.381 e. The zero-order chi connectivity index (χ0) is 13.0. The minimum absolute atomic E-state index is 0.0436. The second-order valence-electron chi connectivity index (χ2n) is 3.65. The van der Waals surface area contributed by atoms with E-state index < -0.39 is 5.82 Å². The molecule has 90 valence electrons. The first kappa shape index (κ1) is 12.3. The van der Waals surface area contributed by atoms with Gasteiger partial charge in [0, 0.05) is 18.4 Å². The van der Waals surface area contributed by atoms with Gasteiger partial charge < -0.3 is 5.32 Å². The van der Waals surface area contributed by atoms with E-state index in [-0.39, 0.29) is 5.56 Å². The molecule has 2 rings (SSSR count). The highest BCUT2D eigenvalue weighted by molar-refractivity contribution is 6.29. The third-order valence-corrected chi connectivity index (χ3v) is 2.58. The highest BCUT2D eigenvalue weighted by atomic mass is 35.5. The van der Waals surface area contributed by atoms with Gasteiger partial charge >= 0.3 is 0 Å². The molecule has 0 aliphatic heterocycles. The highest BCUT2D eigenvalue weighted by Crippen LogP contribution is 2.14. The Balaban J connectivity index is 2.09. The molecule has 0 atom stereocenters. The molecule has 18 heavy (non-hydrogen) atoms. The van der Waals surface area contributed by atoms with Crippen LogP contribution < -0.4 is 5.32 Å². The molecule has 0 amide bonds. The van der Waals surface area contributed by atoms with Gasteiger partial charge in [0.15, 0.2) is 0 Å². The summed E-state index contributed by atoms with van der Waals surface area (Å²) in [6, 6.07) is 9.71. The molecule has 1 heterocycles. The number of rotatable bonds is 3. The summed E-state index contributed by atoms with van der Waals surface area (Å²) in [6.07, 6.45) is 1.59. The molecule has 3 nitrogen and oxygen atoms in total. The summed E-state index contributed by atoms with van der Waals surface area (Å²) in [5, 5.41) is 12.2. The molecule has 0 unspecified atom stereocenters. The Labute approximate surface area is 109 Å². The van der Waals surface area contributed by atoms with Gasteiger partial charge in [-0.2, -0.15) is 5.26 Å². The van der Waals surface area contributed by atoms with Crippen molar-refractivity contribution in [2.45, 2.75) is 6.54 Å². The van der Waals surface area contributed by atoms with Crippen LogP contribution in [0.5, 0.6) is 0 Å². The largest absolute Gasteiger partial charge is 0.381 e. The number of nitrogens with one attached hydrogen (secondary N) is 1. The lowest BCUT2D eigenvalue weighted by molar-refractivity contribution is 0.623. The zero-order valence-electron chi connectivity index (χ0n) is 9.32. The van der Waals surface area contributed by atoms with Gasteiger partial charge in [0.2, 0.25) is 0 Å². The molecule has 1 N–H and O–H groups in total. The molecule has 0 fully saturated rings. The number of nitriles is 1. The molecule has 0 bridgehead atoms. The average molecular weight is 262 g/mol. The van der Waals surface area contributed by atoms with Crippen molar-refractivity contribution in [3.63, 3.8) is 0 Å². The van der Waals surface area contributed by atoms with Crippen LogP contribution in [0, 0.1) is 17.1 Å². The van der Waals surface area contributed by atoms with Gasteiger partial charge in [-0.3, -0.25) is 0 Å². The second-order valence-corrected chi connectivity index (χ2v) is 4.03. The Kier molecular flexibility index (Phi) is 3.75. The summed E-state index contributed by atoms with van der Waals surface area (Å²) in [6.45, 7) is 0.481. The highest BCUT2D eigenvalue weighted by Gasteiger charge is 2.02. The maximum Gasteiger partial charge on any atom is 0.140 e. The van der Waals surface area contributed by atoms with Crippen molar-refractivity contribution < 1.29 is 4.39 Å². The van der Waals surface area contributed by atoms with Crippen molar-refractivity contribution in [2.24, 2.45) is 0 Å². The Morgan fingerprint density at radius 1 is 1.33 bits per heavy atom. The van der Waals surface area contributed by atoms with E-state index in [2.05, 4.69) is 10.3 Å². The quantitative estimate of drug-likeness (QED) is 0.862. The third-order valence-electron chi connectivity index (χ3n) is 2.37. The molecule has 0 saturated carbocycles. The summed E-state index contributed by atoms with van der Waals surface area (Å²) >= 11 is 5.75. The molecule has 1 aromatic heterocycles. The predicted molar refractivity (Wildman–Crippen MR) is 67.7 cm³/mol. The molecule has 2 aromatic rings. The van der Waals surface area contributed by atoms with E-state index in [4.69, 9.17) is 16.9 Å². The van der Waals surface area contributed by atoms with Crippen molar-refractivity contribution in [1.82, 2.24) is 4.98 Å². The summed E-state index contributed by atoms with van der Waals surface area (Å²) in [4.78, 5) is 3.87. The van der Waals surface area contributed by atoms with Crippen LogP contribution >= 0.6 is 11.6 Å². The molecular weight excluding hydrogens is 253 g/mol. The standard InChI is InChI=1S/C13H9ClFN3/c14-13-6-11(3-4-17-13)18-8-9-1-2-12(15)10(5-9)7-16/h1-6H,8H2,(H,17,18). The average Bonchev–Trinajstić information content (AvgIpc) is 2.38. The zero-order valence-corrected chi connectivity index (χ0v) is 10.1. The summed E-state index contributed by atoms with van der Waals surface area (Å²) in [5.41, 5.74) is 1.68. The molecule has 1 aromatic carbocycles. The van der Waals surface area contributed by atoms with E-state index >= 15 is 0 Å². The Morgan fingerprint density at radius 2 is 2.17 bits per heavy atom. The van der Waals surface area contributed by atoms with Crippen molar-refractivity contribution >= 4 is 17.3 Å². The van der Waals surface area contributed by atoms with Crippen LogP contribution in [0.15, 0.2) is 36.5 Å². The van der Waals surface area contributed by atoms with Gasteiger partial charge in [-0.05, 0) is 29.8 Å². The smallest absolute Gasteiger partial charge is 0.140 e. The van der Waals surface area contributed by atoms with E-state index in [0.717, 1.165) is 11.3 Å². The molecule has 0 aliphatic rings. The van der Waals surface area contributed by atoms with E-state index in [9.17, 15) is 4.39 Å². The van der Waals surface area contributed by atoms with Crippen LogP contribution in [0.4, 0.5) is 10.1 Å². The first-order chi connectivity index (χ1) is 8.69. The van der Waals surface area contributed by atoms with Gasteiger partial charge in [0.05, 0.1) is 5.56 Å². The number of benzene rings is 1. The Bertz CT molecular complexity index is 607. The maximum atomic E-state index is 13.1. The fourth-order valence-corrected chi connectivity index (χ4v) is 1.66. The summed E-state index contributed by atoms with van der Waals surface area (Å²) < 4.78 is 13.1. The first-order valence-electron chi connectivity index (χ1n) is 5.23. The maximum absolute atomic E-state index is 13.1. The van der Waals surface area contributed by atoms with E-state index in [1.54, 1.807) is 24.4 Å². The number of anilines is 1. The van der Waals surface area contributed by atoms with Gasteiger partial charge in [0.1, 0.15) is 17.0 Å². The van der Waals surface area contributed by atoms with E-state index in [1.807, 2.05) is 6.07 Å². The molecule has 0 spiro atoms. The molecule has 5 heteroatoms. The predicted octanol–water partition coefficient (Wildman–Crippen LogP) is 3.36. The number of hydrogen-bond donors (Lipinski definition) is 1. The van der Waals surface area contributed by atoms with Crippen LogP contribution in [-0.2, 0) is 6.54 Å². The van der Waals surface area contributed by atoms with Crippen molar-refractivity contribution in [3.8, 4) is 6.07 Å². The number of hydrogen-bond acceptors (Lipinski definition) is 3. The summed E-state index contributed by atoms with van der Waals surface area (Å²) in [5.74, 6) is -0.506. The topological polar surface area (TPSA) is 48.7 Å². The molecule has 0 aliphatic carbocycles. The number of halogens is 2. The van der Waals surface area contributed by atoms with Gasteiger partial charge in [-0.1, -0.05) is 17.7 Å². The van der Waals surface area contributed by atoms with Crippen molar-refractivity contribution in [2.75, 3.05) is 5.32 Å². The lowest BCUT2D eigenvalue weighted by atomic mass is 10.1. The fourth-order valence-electron chi connectivity index (χ4n) is 1.48. The molecule has 0 radical (unpaired) electrons. The van der Waals surface area contributed by atoms with Crippen LogP contribution in [0.2, 0.25) is 5.15 Å². The van der Waals surface area contributed by atoms with Gasteiger partial charge in [0.25, 0.3) is 0 Å². The number of nitrogens with zero attached hydrogens (tertiary/aromatic N) is 2. The van der Waals surface area contributed by atoms with Crippen molar-refractivity contribution in [1.29, 1.82) is 5.26 Å². The lowest BCUT2D eigenvalue weighted by Gasteiger charge is -2.07. The first-order valence-corrected chi connectivity index (χ1v) is 5.61. The number of aromatic nitrogens is 1. The van der Waals surface area contributed by atoms with E-state index in [0.29, 0.717) is 11.7 Å². The van der Waals surface area contributed by atoms with Gasteiger partial charge in [-0.15, -0.1) is 0 Å². The van der Waals surface area contributed by atoms with E-state index in [1.165, 1.54) is 12.1 Å². The second kappa shape index (κ2) is 5.48. The summed E-state index contributed by atoms with van der Waals surface area (Å²) in [7, 11) is 0. The molecule has 0 saturated heterocycles. The lowest BCUT2D eigenvalue weighted by Crippen LogP contribution is -2.00. The normalized spacial score (nSPS) is 9.83. The minimum atomic E-state index is -0.506. The van der Waals surface area contributed by atoms with Crippen LogP contribution in [-0.4, -0.2) is 4.98 Å². The fraction of sp³-hybridized carbons (Fsp3) is 0.0769. The van der Waals surface area contributed by atoms with Crippen molar-refractivity contribution in [3.05, 3.63) is 58.6 Å². The Hall–Kier alpha value is -2.12. The van der Waals surface area contributed by atoms with Crippen LogP contribution in [0.1, 0.15) is 11.1 Å². The Morgan fingerprint density at radius 3 is 2.89 bits per heavy atom. The van der Waals surface area contributed by atoms with Gasteiger partial charge in [-0.25, -0.2) is 9.37 Å². The van der Waals surface area contributed by atoms with Crippen LogP contribution in [0.25, 0.3) is 0 Å².